The van der Waals surface area contributed by atoms with Crippen molar-refractivity contribution >= 4 is 22.6 Å². The molecule has 122 valence electrons. The Morgan fingerprint density at radius 3 is 2.87 bits per heavy atom. The Morgan fingerprint density at radius 2 is 2.30 bits per heavy atom. The average Bonchev–Trinajstić information content (AvgIpc) is 2.83. The van der Waals surface area contributed by atoms with Crippen molar-refractivity contribution in [2.75, 3.05) is 19.0 Å². The predicted octanol–water partition coefficient (Wildman–Crippen LogP) is 2.26. The molecule has 2 aromatic heterocycles. The number of rotatable bonds is 3. The van der Waals surface area contributed by atoms with Gasteiger partial charge < -0.3 is 14.8 Å². The molecule has 0 aliphatic heterocycles. The molecule has 2 heterocycles. The third-order valence-corrected chi connectivity index (χ3v) is 5.48. The van der Waals surface area contributed by atoms with Crippen molar-refractivity contribution < 1.29 is 9.18 Å². The summed E-state index contributed by atoms with van der Waals surface area (Å²) >= 11 is 0. The van der Waals surface area contributed by atoms with Crippen molar-refractivity contribution in [1.82, 2.24) is 14.9 Å². The summed E-state index contributed by atoms with van der Waals surface area (Å²) < 4.78 is 15.9. The number of aryl methyl sites for hydroxylation is 1. The highest BCUT2D eigenvalue weighted by Crippen LogP contribution is 2.56. The number of nitrogens with one attached hydrogen (secondary N) is 1. The van der Waals surface area contributed by atoms with Crippen LogP contribution in [0.1, 0.15) is 29.8 Å². The van der Waals surface area contributed by atoms with Gasteiger partial charge in [0.2, 0.25) is 0 Å². The Balaban J connectivity index is 1.63. The van der Waals surface area contributed by atoms with Crippen LogP contribution in [0.15, 0.2) is 18.3 Å². The van der Waals surface area contributed by atoms with Gasteiger partial charge in [0.15, 0.2) is 5.82 Å². The summed E-state index contributed by atoms with van der Waals surface area (Å²) in [7, 11) is 5.73. The quantitative estimate of drug-likeness (QED) is 0.945. The zero-order valence-corrected chi connectivity index (χ0v) is 13.6. The zero-order valence-electron chi connectivity index (χ0n) is 13.6. The predicted molar refractivity (Wildman–Crippen MR) is 87.5 cm³/mol. The Hall–Kier alpha value is -2.11. The van der Waals surface area contributed by atoms with Gasteiger partial charge in [-0.15, -0.1) is 0 Å². The number of anilines is 1. The summed E-state index contributed by atoms with van der Waals surface area (Å²) in [5.74, 6) is 0.710. The van der Waals surface area contributed by atoms with Crippen LogP contribution < -0.4 is 10.2 Å². The van der Waals surface area contributed by atoms with E-state index in [2.05, 4.69) is 10.3 Å². The molecule has 6 heteroatoms. The highest BCUT2D eigenvalue weighted by atomic mass is 19.1. The minimum absolute atomic E-state index is 0.0140. The van der Waals surface area contributed by atoms with Crippen molar-refractivity contribution in [1.29, 1.82) is 0 Å². The number of amides is 1. The van der Waals surface area contributed by atoms with Crippen molar-refractivity contribution in [2.24, 2.45) is 13.0 Å². The molecule has 0 aromatic carbocycles. The fraction of sp³-hybridized carbons (Fsp3) is 0.529. The van der Waals surface area contributed by atoms with Gasteiger partial charge >= 0.3 is 0 Å². The molecule has 2 aliphatic rings. The number of halogens is 1. The van der Waals surface area contributed by atoms with Gasteiger partial charge in [-0.05, 0) is 25.0 Å². The summed E-state index contributed by atoms with van der Waals surface area (Å²) in [6, 6.07) is 3.76. The van der Waals surface area contributed by atoms with E-state index in [0.29, 0.717) is 18.5 Å². The molecule has 2 fully saturated rings. The molecule has 1 N–H and O–H groups in total. The zero-order chi connectivity index (χ0) is 16.4. The van der Waals surface area contributed by atoms with Crippen LogP contribution in [0.4, 0.5) is 10.2 Å². The van der Waals surface area contributed by atoms with Crippen LogP contribution in [0.25, 0.3) is 10.9 Å². The first kappa shape index (κ1) is 14.5. The number of carbonyl (C=O) groups excluding carboxylic acids is 1. The molecule has 0 bridgehead atoms. The van der Waals surface area contributed by atoms with Crippen LogP contribution in [-0.2, 0) is 7.05 Å². The van der Waals surface area contributed by atoms with Crippen molar-refractivity contribution in [2.45, 2.75) is 31.0 Å². The standard InChI is InChI=1S/C17H21FN4O/c1-21(2)15-14-10(5-7-19-15)8-13(22(14)3)16(23)20-12-9-17(18)6-4-11(12)17/h5,7-8,11-12H,4,6,9H2,1-3H3,(H,20,23). The fourth-order valence-corrected chi connectivity index (χ4v) is 4.01. The van der Waals surface area contributed by atoms with E-state index in [4.69, 9.17) is 0 Å². The van der Waals surface area contributed by atoms with Crippen molar-refractivity contribution in [3.8, 4) is 0 Å². The first-order valence-electron chi connectivity index (χ1n) is 8.02. The summed E-state index contributed by atoms with van der Waals surface area (Å²) in [5, 5.41) is 3.99. The highest BCUT2D eigenvalue weighted by molar-refractivity contribution is 6.01. The van der Waals surface area contributed by atoms with Crippen LogP contribution in [0.3, 0.4) is 0 Å². The Bertz CT molecular complexity index is 799. The first-order valence-corrected chi connectivity index (χ1v) is 8.02. The Morgan fingerprint density at radius 1 is 1.52 bits per heavy atom. The molecule has 3 unspecified atom stereocenters. The van der Waals surface area contributed by atoms with Crippen molar-refractivity contribution in [3.63, 3.8) is 0 Å². The summed E-state index contributed by atoms with van der Waals surface area (Å²) in [6.45, 7) is 0. The SMILES string of the molecule is CN(C)c1nccc2cc(C(=O)NC3CC4(F)CCC34)n(C)c12. The maximum atomic E-state index is 14.0. The molecule has 2 saturated carbocycles. The lowest BCUT2D eigenvalue weighted by Crippen LogP contribution is -2.66. The third kappa shape index (κ3) is 1.97. The van der Waals surface area contributed by atoms with Gasteiger partial charge in [0.25, 0.3) is 5.91 Å². The second-order valence-electron chi connectivity index (χ2n) is 7.02. The lowest BCUT2D eigenvalue weighted by atomic mass is 9.54. The summed E-state index contributed by atoms with van der Waals surface area (Å²) in [4.78, 5) is 18.9. The Labute approximate surface area is 134 Å². The number of hydrogen-bond acceptors (Lipinski definition) is 3. The fourth-order valence-electron chi connectivity index (χ4n) is 4.01. The number of carbonyl (C=O) groups is 1. The molecule has 5 nitrogen and oxygen atoms in total. The smallest absolute Gasteiger partial charge is 0.268 e. The highest BCUT2D eigenvalue weighted by Gasteiger charge is 2.61. The van der Waals surface area contributed by atoms with Gasteiger partial charge in [-0.3, -0.25) is 4.79 Å². The molecule has 23 heavy (non-hydrogen) atoms. The summed E-state index contributed by atoms with van der Waals surface area (Å²) in [6.07, 6.45) is 3.73. The van der Waals surface area contributed by atoms with E-state index in [9.17, 15) is 9.18 Å². The van der Waals surface area contributed by atoms with Crippen LogP contribution in [0.2, 0.25) is 0 Å². The van der Waals surface area contributed by atoms with Crippen molar-refractivity contribution in [3.05, 3.63) is 24.0 Å². The van der Waals surface area contributed by atoms with E-state index in [1.807, 2.05) is 42.7 Å². The van der Waals surface area contributed by atoms with Gasteiger partial charge in [0.05, 0.1) is 5.52 Å². The molecular formula is C17H21FN4O. The molecule has 4 rings (SSSR count). The van der Waals surface area contributed by atoms with E-state index in [1.54, 1.807) is 6.20 Å². The Kier molecular flexibility index (Phi) is 2.95. The molecule has 0 radical (unpaired) electrons. The topological polar surface area (TPSA) is 50.2 Å². The number of pyridine rings is 1. The first-order chi connectivity index (χ1) is 10.9. The van der Waals surface area contributed by atoms with E-state index >= 15 is 0 Å². The molecule has 0 saturated heterocycles. The number of hydrogen-bond donors (Lipinski definition) is 1. The van der Waals surface area contributed by atoms with E-state index < -0.39 is 5.67 Å². The number of nitrogens with zero attached hydrogens (tertiary/aromatic N) is 3. The maximum Gasteiger partial charge on any atom is 0.268 e. The van der Waals surface area contributed by atoms with E-state index in [-0.39, 0.29) is 17.9 Å². The van der Waals surface area contributed by atoms with Gasteiger partial charge in [0, 0.05) is 51.1 Å². The van der Waals surface area contributed by atoms with Crippen LogP contribution in [0, 0.1) is 5.92 Å². The van der Waals surface area contributed by atoms with Gasteiger partial charge in [0.1, 0.15) is 11.4 Å². The number of fused-ring (bicyclic) bond motifs is 2. The number of aromatic nitrogens is 2. The van der Waals surface area contributed by atoms with Crippen LogP contribution >= 0.6 is 0 Å². The van der Waals surface area contributed by atoms with E-state index in [1.165, 1.54) is 0 Å². The number of alkyl halides is 1. The molecule has 0 spiro atoms. The largest absolute Gasteiger partial charge is 0.361 e. The summed E-state index contributed by atoms with van der Waals surface area (Å²) in [5.41, 5.74) is 0.519. The molecular weight excluding hydrogens is 295 g/mol. The van der Waals surface area contributed by atoms with Crippen LogP contribution in [-0.4, -0.2) is 41.3 Å². The molecule has 1 amide bonds. The lowest BCUT2D eigenvalue weighted by molar-refractivity contribution is -0.125. The van der Waals surface area contributed by atoms with E-state index in [0.717, 1.165) is 23.1 Å². The average molecular weight is 316 g/mol. The third-order valence-electron chi connectivity index (χ3n) is 5.48. The van der Waals surface area contributed by atoms with Gasteiger partial charge in [-0.2, -0.15) is 0 Å². The molecule has 2 aliphatic carbocycles. The molecule has 2 aromatic rings. The minimum Gasteiger partial charge on any atom is -0.361 e. The minimum atomic E-state index is -1.00. The van der Waals surface area contributed by atoms with Crippen LogP contribution in [0.5, 0.6) is 0 Å². The van der Waals surface area contributed by atoms with Gasteiger partial charge in [-0.25, -0.2) is 9.37 Å². The second kappa shape index (κ2) is 4.69. The normalized spacial score (nSPS) is 28.7. The molecule has 3 atom stereocenters. The monoisotopic (exact) mass is 316 g/mol. The van der Waals surface area contributed by atoms with Gasteiger partial charge in [-0.1, -0.05) is 0 Å². The maximum absolute atomic E-state index is 14.0. The second-order valence-corrected chi connectivity index (χ2v) is 7.02. The lowest BCUT2D eigenvalue weighted by Gasteiger charge is -2.57.